The molecular weight excluding hydrogens is 216 g/mol. The topological polar surface area (TPSA) is 44.2 Å². The van der Waals surface area contributed by atoms with Crippen molar-refractivity contribution in [1.29, 1.82) is 0 Å². The van der Waals surface area contributed by atoms with E-state index in [2.05, 4.69) is 9.97 Å². The highest BCUT2D eigenvalue weighted by atomic mass is 16.5. The second-order valence-corrected chi connectivity index (χ2v) is 3.76. The van der Waals surface area contributed by atoms with Crippen LogP contribution in [0.5, 0.6) is 17.6 Å². The van der Waals surface area contributed by atoms with Gasteiger partial charge in [0.05, 0.1) is 6.10 Å². The first kappa shape index (κ1) is 11.4. The maximum Gasteiger partial charge on any atom is 0.325 e. The normalized spacial score (nSPS) is 10.3. The molecule has 0 aliphatic rings. The Bertz CT molecular complexity index is 472. The quantitative estimate of drug-likeness (QED) is 0.809. The summed E-state index contributed by atoms with van der Waals surface area (Å²) in [6.07, 6.45) is 1.69. The van der Waals surface area contributed by atoms with Gasteiger partial charge >= 0.3 is 6.01 Å². The SMILES string of the molecule is CC(C)Oc1ccnc(Oc2ccccc2)n1. The minimum absolute atomic E-state index is 0.0782. The van der Waals surface area contributed by atoms with E-state index in [1.54, 1.807) is 12.3 Å². The summed E-state index contributed by atoms with van der Waals surface area (Å²) in [5.41, 5.74) is 0. The Labute approximate surface area is 100 Å². The minimum atomic E-state index is 0.0782. The molecule has 0 aliphatic heterocycles. The van der Waals surface area contributed by atoms with E-state index in [0.717, 1.165) is 0 Å². The van der Waals surface area contributed by atoms with Crippen LogP contribution in [0.3, 0.4) is 0 Å². The van der Waals surface area contributed by atoms with Crippen LogP contribution in [0.15, 0.2) is 42.6 Å². The van der Waals surface area contributed by atoms with E-state index >= 15 is 0 Å². The molecule has 0 unspecified atom stereocenters. The Morgan fingerprint density at radius 3 is 2.53 bits per heavy atom. The molecule has 2 rings (SSSR count). The van der Waals surface area contributed by atoms with Crippen molar-refractivity contribution in [3.05, 3.63) is 42.6 Å². The summed E-state index contributed by atoms with van der Waals surface area (Å²) < 4.78 is 11.0. The second kappa shape index (κ2) is 5.30. The number of para-hydroxylation sites is 1. The summed E-state index contributed by atoms with van der Waals surface area (Å²) in [6, 6.07) is 11.4. The molecule has 0 saturated carbocycles. The van der Waals surface area contributed by atoms with Gasteiger partial charge in [0.2, 0.25) is 5.88 Å². The Kier molecular flexibility index (Phi) is 3.55. The number of aromatic nitrogens is 2. The highest BCUT2D eigenvalue weighted by Crippen LogP contribution is 2.18. The van der Waals surface area contributed by atoms with Crippen LogP contribution in [0.4, 0.5) is 0 Å². The molecule has 0 atom stereocenters. The van der Waals surface area contributed by atoms with E-state index in [1.807, 2.05) is 44.2 Å². The van der Waals surface area contributed by atoms with Crippen molar-refractivity contribution in [3.8, 4) is 17.6 Å². The molecule has 1 aromatic carbocycles. The van der Waals surface area contributed by atoms with Gasteiger partial charge in [-0.25, -0.2) is 4.98 Å². The van der Waals surface area contributed by atoms with Crippen LogP contribution >= 0.6 is 0 Å². The van der Waals surface area contributed by atoms with Crippen molar-refractivity contribution in [3.63, 3.8) is 0 Å². The van der Waals surface area contributed by atoms with Gasteiger partial charge in [0.1, 0.15) is 5.75 Å². The first-order valence-electron chi connectivity index (χ1n) is 5.46. The van der Waals surface area contributed by atoms with E-state index in [9.17, 15) is 0 Å². The molecule has 0 fully saturated rings. The molecule has 1 heterocycles. The largest absolute Gasteiger partial charge is 0.475 e. The monoisotopic (exact) mass is 230 g/mol. The molecule has 0 aliphatic carbocycles. The van der Waals surface area contributed by atoms with Crippen LogP contribution in [0.2, 0.25) is 0 Å². The van der Waals surface area contributed by atoms with Gasteiger partial charge in [0.15, 0.2) is 0 Å². The lowest BCUT2D eigenvalue weighted by Gasteiger charge is -2.09. The number of hydrogen-bond acceptors (Lipinski definition) is 4. The highest BCUT2D eigenvalue weighted by Gasteiger charge is 2.04. The number of hydrogen-bond donors (Lipinski definition) is 0. The fraction of sp³-hybridized carbons (Fsp3) is 0.231. The molecule has 0 radical (unpaired) electrons. The van der Waals surface area contributed by atoms with E-state index < -0.39 is 0 Å². The first-order chi connectivity index (χ1) is 8.24. The van der Waals surface area contributed by atoms with Crippen molar-refractivity contribution in [2.24, 2.45) is 0 Å². The van der Waals surface area contributed by atoms with Gasteiger partial charge in [-0.05, 0) is 26.0 Å². The molecule has 17 heavy (non-hydrogen) atoms. The summed E-state index contributed by atoms with van der Waals surface area (Å²) in [7, 11) is 0. The lowest BCUT2D eigenvalue weighted by Crippen LogP contribution is -2.07. The highest BCUT2D eigenvalue weighted by molar-refractivity contribution is 5.24. The lowest BCUT2D eigenvalue weighted by molar-refractivity contribution is 0.229. The molecule has 0 amide bonds. The van der Waals surface area contributed by atoms with Gasteiger partial charge < -0.3 is 9.47 Å². The summed E-state index contributed by atoms with van der Waals surface area (Å²) in [4.78, 5) is 8.18. The van der Waals surface area contributed by atoms with Crippen molar-refractivity contribution in [2.75, 3.05) is 0 Å². The second-order valence-electron chi connectivity index (χ2n) is 3.76. The van der Waals surface area contributed by atoms with Gasteiger partial charge in [-0.2, -0.15) is 4.98 Å². The van der Waals surface area contributed by atoms with Crippen LogP contribution in [0, 0.1) is 0 Å². The standard InChI is InChI=1S/C13H14N2O2/c1-10(2)16-12-8-9-14-13(15-12)17-11-6-4-3-5-7-11/h3-10H,1-2H3. The van der Waals surface area contributed by atoms with Crippen LogP contribution in [0.1, 0.15) is 13.8 Å². The molecule has 2 aromatic rings. The third kappa shape index (κ3) is 3.45. The molecule has 0 N–H and O–H groups in total. The van der Waals surface area contributed by atoms with E-state index in [0.29, 0.717) is 11.6 Å². The van der Waals surface area contributed by atoms with Gasteiger partial charge in [-0.15, -0.1) is 0 Å². The Morgan fingerprint density at radius 1 is 1.06 bits per heavy atom. The van der Waals surface area contributed by atoms with Crippen molar-refractivity contribution in [1.82, 2.24) is 9.97 Å². The van der Waals surface area contributed by atoms with Gasteiger partial charge in [-0.3, -0.25) is 0 Å². The van der Waals surface area contributed by atoms with Crippen molar-refractivity contribution in [2.45, 2.75) is 20.0 Å². The Balaban J connectivity index is 2.11. The number of nitrogens with zero attached hydrogens (tertiary/aromatic N) is 2. The molecule has 88 valence electrons. The van der Waals surface area contributed by atoms with Crippen LogP contribution in [-0.4, -0.2) is 16.1 Å². The molecular formula is C13H14N2O2. The maximum atomic E-state index is 5.50. The van der Waals surface area contributed by atoms with Crippen LogP contribution in [0.25, 0.3) is 0 Å². The first-order valence-corrected chi connectivity index (χ1v) is 5.46. The molecule has 0 saturated heterocycles. The molecule has 4 heteroatoms. The predicted octanol–water partition coefficient (Wildman–Crippen LogP) is 3.06. The maximum absolute atomic E-state index is 5.50. The summed E-state index contributed by atoms with van der Waals surface area (Å²) in [6.45, 7) is 3.89. The molecule has 0 spiro atoms. The van der Waals surface area contributed by atoms with Crippen molar-refractivity contribution < 1.29 is 9.47 Å². The van der Waals surface area contributed by atoms with Crippen LogP contribution < -0.4 is 9.47 Å². The zero-order chi connectivity index (χ0) is 12.1. The van der Waals surface area contributed by atoms with Crippen molar-refractivity contribution >= 4 is 0 Å². The number of ether oxygens (including phenoxy) is 2. The molecule has 0 bridgehead atoms. The van der Waals surface area contributed by atoms with Gasteiger partial charge in [-0.1, -0.05) is 18.2 Å². The van der Waals surface area contributed by atoms with Crippen LogP contribution in [-0.2, 0) is 0 Å². The third-order valence-electron chi connectivity index (χ3n) is 1.92. The fourth-order valence-electron chi connectivity index (χ4n) is 1.28. The van der Waals surface area contributed by atoms with E-state index in [1.165, 1.54) is 0 Å². The van der Waals surface area contributed by atoms with Gasteiger partial charge in [0.25, 0.3) is 0 Å². The summed E-state index contributed by atoms with van der Waals surface area (Å²) in [5, 5.41) is 0. The van der Waals surface area contributed by atoms with E-state index in [-0.39, 0.29) is 12.1 Å². The summed E-state index contributed by atoms with van der Waals surface area (Å²) >= 11 is 0. The minimum Gasteiger partial charge on any atom is -0.475 e. The average Bonchev–Trinajstić information content (AvgIpc) is 2.30. The number of benzene rings is 1. The Hall–Kier alpha value is -2.10. The predicted molar refractivity (Wildman–Crippen MR) is 64.3 cm³/mol. The Morgan fingerprint density at radius 2 is 1.82 bits per heavy atom. The lowest BCUT2D eigenvalue weighted by atomic mass is 10.3. The average molecular weight is 230 g/mol. The molecule has 1 aromatic heterocycles. The third-order valence-corrected chi connectivity index (χ3v) is 1.92. The zero-order valence-corrected chi connectivity index (χ0v) is 9.83. The fourth-order valence-corrected chi connectivity index (χ4v) is 1.28. The summed E-state index contributed by atoms with van der Waals surface area (Å²) in [5.74, 6) is 1.22. The molecule has 4 nitrogen and oxygen atoms in total. The zero-order valence-electron chi connectivity index (χ0n) is 9.83. The van der Waals surface area contributed by atoms with E-state index in [4.69, 9.17) is 9.47 Å². The van der Waals surface area contributed by atoms with Gasteiger partial charge in [0, 0.05) is 12.3 Å². The number of rotatable bonds is 4. The smallest absolute Gasteiger partial charge is 0.325 e.